The molecule has 17 heavy (non-hydrogen) atoms. The van der Waals surface area contributed by atoms with Crippen LogP contribution in [-0.2, 0) is 0 Å². The Kier molecular flexibility index (Phi) is 3.23. The van der Waals surface area contributed by atoms with E-state index in [4.69, 9.17) is 5.73 Å². The van der Waals surface area contributed by atoms with Gasteiger partial charge in [-0.05, 0) is 24.6 Å². The minimum atomic E-state index is 0.204. The molecule has 0 saturated carbocycles. The van der Waals surface area contributed by atoms with Crippen LogP contribution in [0.25, 0.3) is 0 Å². The highest BCUT2D eigenvalue weighted by Crippen LogP contribution is 2.23. The zero-order chi connectivity index (χ0) is 12.3. The molecule has 1 unspecified atom stereocenters. The second kappa shape index (κ2) is 4.82. The smallest absolute Gasteiger partial charge is 0.147 e. The van der Waals surface area contributed by atoms with E-state index in [0.29, 0.717) is 0 Å². The molecule has 1 aromatic heterocycles. The molecular formula is C13H16N4. The van der Waals surface area contributed by atoms with Crippen LogP contribution in [0.2, 0.25) is 0 Å². The number of anilines is 2. The van der Waals surface area contributed by atoms with Crippen molar-refractivity contribution in [2.24, 2.45) is 0 Å². The first-order chi connectivity index (χ1) is 8.18. The second-order valence-corrected chi connectivity index (χ2v) is 4.02. The van der Waals surface area contributed by atoms with Crippen LogP contribution in [0.3, 0.4) is 0 Å². The van der Waals surface area contributed by atoms with Crippen LogP contribution >= 0.6 is 0 Å². The summed E-state index contributed by atoms with van der Waals surface area (Å²) in [5.41, 5.74) is 7.73. The third kappa shape index (κ3) is 2.53. The van der Waals surface area contributed by atoms with E-state index >= 15 is 0 Å². The summed E-state index contributed by atoms with van der Waals surface area (Å²) in [6.07, 6.45) is 5.11. The van der Waals surface area contributed by atoms with E-state index in [2.05, 4.69) is 27.9 Å². The summed E-state index contributed by atoms with van der Waals surface area (Å²) < 4.78 is 0. The van der Waals surface area contributed by atoms with Crippen molar-refractivity contribution in [3.63, 3.8) is 0 Å². The van der Waals surface area contributed by atoms with E-state index in [1.54, 1.807) is 18.6 Å². The Bertz CT molecular complexity index is 484. The van der Waals surface area contributed by atoms with Gasteiger partial charge < -0.3 is 10.6 Å². The molecule has 0 aliphatic rings. The van der Waals surface area contributed by atoms with E-state index in [1.807, 2.05) is 25.2 Å². The number of hydrogen-bond acceptors (Lipinski definition) is 4. The lowest BCUT2D eigenvalue weighted by molar-refractivity contribution is 0.726. The molecule has 0 aliphatic carbocycles. The van der Waals surface area contributed by atoms with Crippen LogP contribution < -0.4 is 10.6 Å². The van der Waals surface area contributed by atoms with Gasteiger partial charge in [0.15, 0.2) is 0 Å². The quantitative estimate of drug-likeness (QED) is 0.819. The highest BCUT2D eigenvalue weighted by Gasteiger charge is 2.13. The van der Waals surface area contributed by atoms with E-state index in [-0.39, 0.29) is 6.04 Å². The Morgan fingerprint density at radius 3 is 2.76 bits per heavy atom. The van der Waals surface area contributed by atoms with Crippen molar-refractivity contribution in [3.05, 3.63) is 48.4 Å². The van der Waals surface area contributed by atoms with Crippen LogP contribution in [0, 0.1) is 0 Å². The van der Waals surface area contributed by atoms with E-state index < -0.39 is 0 Å². The zero-order valence-electron chi connectivity index (χ0n) is 10.0. The third-order valence-electron chi connectivity index (χ3n) is 2.88. The lowest BCUT2D eigenvalue weighted by Crippen LogP contribution is -2.22. The van der Waals surface area contributed by atoms with Crippen LogP contribution in [0.4, 0.5) is 11.5 Å². The Labute approximate surface area is 101 Å². The molecule has 0 aliphatic heterocycles. The molecule has 0 radical (unpaired) electrons. The summed E-state index contributed by atoms with van der Waals surface area (Å²) in [4.78, 5) is 10.4. The molecule has 4 heteroatoms. The highest BCUT2D eigenvalue weighted by molar-refractivity contribution is 5.45. The van der Waals surface area contributed by atoms with Crippen molar-refractivity contribution in [3.8, 4) is 0 Å². The minimum Gasteiger partial charge on any atom is -0.399 e. The van der Waals surface area contributed by atoms with Gasteiger partial charge in [-0.2, -0.15) is 0 Å². The number of aromatic nitrogens is 2. The van der Waals surface area contributed by atoms with Gasteiger partial charge in [-0.1, -0.05) is 12.1 Å². The first-order valence-corrected chi connectivity index (χ1v) is 5.53. The average Bonchev–Trinajstić information content (AvgIpc) is 2.38. The Hall–Kier alpha value is -2.10. The number of benzene rings is 1. The number of nitrogen functional groups attached to an aromatic ring is 1. The molecule has 1 aromatic carbocycles. The molecule has 0 fully saturated rings. The molecule has 0 saturated heterocycles. The van der Waals surface area contributed by atoms with Crippen LogP contribution in [-0.4, -0.2) is 17.0 Å². The average molecular weight is 228 g/mol. The van der Waals surface area contributed by atoms with Gasteiger partial charge in [0.25, 0.3) is 0 Å². The monoisotopic (exact) mass is 228 g/mol. The molecule has 2 aromatic rings. The predicted octanol–water partition coefficient (Wildman–Crippen LogP) is 2.26. The van der Waals surface area contributed by atoms with E-state index in [9.17, 15) is 0 Å². The minimum absolute atomic E-state index is 0.204. The first-order valence-electron chi connectivity index (χ1n) is 5.53. The van der Waals surface area contributed by atoms with Crippen molar-refractivity contribution >= 4 is 11.5 Å². The van der Waals surface area contributed by atoms with Crippen molar-refractivity contribution < 1.29 is 0 Å². The molecule has 0 bridgehead atoms. The van der Waals surface area contributed by atoms with Crippen LogP contribution in [0.1, 0.15) is 18.5 Å². The van der Waals surface area contributed by atoms with Gasteiger partial charge in [0.05, 0.1) is 12.2 Å². The second-order valence-electron chi connectivity index (χ2n) is 4.02. The fourth-order valence-electron chi connectivity index (χ4n) is 1.71. The molecule has 0 spiro atoms. The largest absolute Gasteiger partial charge is 0.399 e. The number of nitrogens with two attached hydrogens (primary N) is 1. The summed E-state index contributed by atoms with van der Waals surface area (Å²) in [5.74, 6) is 0.849. The van der Waals surface area contributed by atoms with Crippen molar-refractivity contribution in [1.82, 2.24) is 9.97 Å². The van der Waals surface area contributed by atoms with Crippen LogP contribution in [0.5, 0.6) is 0 Å². The summed E-state index contributed by atoms with van der Waals surface area (Å²) >= 11 is 0. The summed E-state index contributed by atoms with van der Waals surface area (Å²) in [6.45, 7) is 2.11. The third-order valence-corrected chi connectivity index (χ3v) is 2.88. The van der Waals surface area contributed by atoms with Gasteiger partial charge in [-0.25, -0.2) is 4.98 Å². The van der Waals surface area contributed by atoms with Gasteiger partial charge in [-0.3, -0.25) is 4.98 Å². The van der Waals surface area contributed by atoms with Gasteiger partial charge in [0.1, 0.15) is 5.82 Å². The maximum absolute atomic E-state index is 5.79. The Balaban J connectivity index is 2.23. The molecule has 88 valence electrons. The normalized spacial score (nSPS) is 12.1. The fourth-order valence-corrected chi connectivity index (χ4v) is 1.71. The van der Waals surface area contributed by atoms with Crippen molar-refractivity contribution in [2.45, 2.75) is 13.0 Å². The summed E-state index contributed by atoms with van der Waals surface area (Å²) in [6, 6.07) is 8.10. The SMILES string of the molecule is CC(c1cccc(N)c1)N(C)c1cnccn1. The Morgan fingerprint density at radius 1 is 1.29 bits per heavy atom. The predicted molar refractivity (Wildman–Crippen MR) is 69.7 cm³/mol. The number of rotatable bonds is 3. The summed E-state index contributed by atoms with van der Waals surface area (Å²) in [7, 11) is 2.00. The maximum atomic E-state index is 5.79. The van der Waals surface area contributed by atoms with Crippen molar-refractivity contribution in [2.75, 3.05) is 17.7 Å². The standard InChI is InChI=1S/C13H16N4/c1-10(11-4-3-5-12(14)8-11)17(2)13-9-15-6-7-16-13/h3-10H,14H2,1-2H3. The highest BCUT2D eigenvalue weighted by atomic mass is 15.2. The molecular weight excluding hydrogens is 212 g/mol. The van der Waals surface area contributed by atoms with E-state index in [1.165, 1.54) is 0 Å². The lowest BCUT2D eigenvalue weighted by Gasteiger charge is -2.26. The topological polar surface area (TPSA) is 55.0 Å². The van der Waals surface area contributed by atoms with Crippen molar-refractivity contribution in [1.29, 1.82) is 0 Å². The zero-order valence-corrected chi connectivity index (χ0v) is 10.0. The lowest BCUT2D eigenvalue weighted by atomic mass is 10.1. The van der Waals surface area contributed by atoms with Gasteiger partial charge in [-0.15, -0.1) is 0 Å². The van der Waals surface area contributed by atoms with Gasteiger partial charge >= 0.3 is 0 Å². The molecule has 2 N–H and O–H groups in total. The maximum Gasteiger partial charge on any atom is 0.147 e. The van der Waals surface area contributed by atoms with Gasteiger partial charge in [0, 0.05) is 25.1 Å². The van der Waals surface area contributed by atoms with Crippen LogP contribution in [0.15, 0.2) is 42.9 Å². The molecule has 2 rings (SSSR count). The Morgan fingerprint density at radius 2 is 2.12 bits per heavy atom. The number of hydrogen-bond donors (Lipinski definition) is 1. The van der Waals surface area contributed by atoms with Gasteiger partial charge in [0.2, 0.25) is 0 Å². The summed E-state index contributed by atoms with van der Waals surface area (Å²) in [5, 5.41) is 0. The molecule has 4 nitrogen and oxygen atoms in total. The molecule has 1 heterocycles. The van der Waals surface area contributed by atoms with E-state index in [0.717, 1.165) is 17.1 Å². The number of nitrogens with zero attached hydrogens (tertiary/aromatic N) is 3. The fraction of sp³-hybridized carbons (Fsp3) is 0.231. The first kappa shape index (κ1) is 11.4. The molecule has 1 atom stereocenters. The molecule has 0 amide bonds.